The number of likely N-dealkylation sites (tertiary alicyclic amines) is 1. The first kappa shape index (κ1) is 19.4. The van der Waals surface area contributed by atoms with Gasteiger partial charge < -0.3 is 15.5 Å². The molecule has 1 heterocycles. The maximum atomic E-state index is 12.8. The predicted octanol–water partition coefficient (Wildman–Crippen LogP) is 2.02. The third kappa shape index (κ3) is 5.08. The highest BCUT2D eigenvalue weighted by Crippen LogP contribution is 2.24. The van der Waals surface area contributed by atoms with Gasteiger partial charge in [-0.05, 0) is 50.7 Å². The first-order valence-corrected chi connectivity index (χ1v) is 9.93. The zero-order chi connectivity index (χ0) is 19.4. The third-order valence-corrected chi connectivity index (χ3v) is 5.47. The summed E-state index contributed by atoms with van der Waals surface area (Å²) in [4.78, 5) is 39.2. The van der Waals surface area contributed by atoms with Gasteiger partial charge >= 0.3 is 0 Å². The summed E-state index contributed by atoms with van der Waals surface area (Å²) < 4.78 is 0. The lowest BCUT2D eigenvalue weighted by molar-refractivity contribution is -0.132. The fraction of sp³-hybridized carbons (Fsp3) is 0.571. The second-order valence-corrected chi connectivity index (χ2v) is 7.67. The van der Waals surface area contributed by atoms with Crippen LogP contribution in [0.4, 0.5) is 0 Å². The largest absolute Gasteiger partial charge is 0.352 e. The molecule has 1 aliphatic heterocycles. The zero-order valence-electron chi connectivity index (χ0n) is 16.2. The lowest BCUT2D eigenvalue weighted by atomic mass is 9.88. The third-order valence-electron chi connectivity index (χ3n) is 5.47. The number of carbonyl (C=O) groups is 3. The molecule has 2 fully saturated rings. The van der Waals surface area contributed by atoms with E-state index in [2.05, 4.69) is 10.6 Å². The summed E-state index contributed by atoms with van der Waals surface area (Å²) in [6, 6.07) is 7.04. The number of aryl methyl sites for hydroxylation is 1. The van der Waals surface area contributed by atoms with E-state index in [0.717, 1.165) is 31.2 Å². The average Bonchev–Trinajstić information content (AvgIpc) is 3.50. The Morgan fingerprint density at radius 3 is 2.26 bits per heavy atom. The minimum absolute atomic E-state index is 0.0408. The normalized spacial score (nSPS) is 18.7. The van der Waals surface area contributed by atoms with E-state index in [-0.39, 0.29) is 29.7 Å². The van der Waals surface area contributed by atoms with Gasteiger partial charge in [-0.2, -0.15) is 0 Å². The minimum Gasteiger partial charge on any atom is -0.352 e. The van der Waals surface area contributed by atoms with Crippen molar-refractivity contribution in [3.63, 3.8) is 0 Å². The smallest absolute Gasteiger partial charge is 0.251 e. The highest BCUT2D eigenvalue weighted by molar-refractivity contribution is 5.97. The Morgan fingerprint density at radius 1 is 1.07 bits per heavy atom. The van der Waals surface area contributed by atoms with Crippen molar-refractivity contribution in [3.05, 3.63) is 35.4 Å². The van der Waals surface area contributed by atoms with E-state index < -0.39 is 6.04 Å². The van der Waals surface area contributed by atoms with E-state index >= 15 is 0 Å². The predicted molar refractivity (Wildman–Crippen MR) is 103 cm³/mol. The number of amides is 3. The minimum atomic E-state index is -0.557. The second-order valence-electron chi connectivity index (χ2n) is 7.67. The molecule has 1 saturated carbocycles. The summed E-state index contributed by atoms with van der Waals surface area (Å²) in [7, 11) is 0. The molecular weight excluding hydrogens is 342 g/mol. The Kier molecular flexibility index (Phi) is 6.14. The van der Waals surface area contributed by atoms with Crippen molar-refractivity contribution in [1.29, 1.82) is 0 Å². The van der Waals surface area contributed by atoms with Crippen LogP contribution in [0.25, 0.3) is 0 Å². The SMILES string of the molecule is CCC(=O)N1CCC(C(NC(=O)c2ccc(C)cc2)C(=O)NC2CC2)CC1. The fourth-order valence-corrected chi connectivity index (χ4v) is 3.55. The standard InChI is InChI=1S/C21H29N3O3/c1-3-18(25)24-12-10-15(11-13-24)19(21(27)22-17-8-9-17)23-20(26)16-6-4-14(2)5-7-16/h4-7,15,17,19H,3,8-13H2,1-2H3,(H,22,27)(H,23,26). The molecular formula is C21H29N3O3. The van der Waals surface area contributed by atoms with Gasteiger partial charge in [-0.25, -0.2) is 0 Å². The lowest BCUT2D eigenvalue weighted by Crippen LogP contribution is -2.54. The number of benzene rings is 1. The monoisotopic (exact) mass is 371 g/mol. The molecule has 1 saturated heterocycles. The molecule has 0 aromatic heterocycles. The average molecular weight is 371 g/mol. The zero-order valence-corrected chi connectivity index (χ0v) is 16.2. The maximum absolute atomic E-state index is 12.8. The van der Waals surface area contributed by atoms with E-state index in [1.807, 2.05) is 30.9 Å². The van der Waals surface area contributed by atoms with Crippen molar-refractivity contribution >= 4 is 17.7 Å². The number of nitrogens with zero attached hydrogens (tertiary/aromatic N) is 1. The van der Waals surface area contributed by atoms with Crippen LogP contribution >= 0.6 is 0 Å². The summed E-state index contributed by atoms with van der Waals surface area (Å²) >= 11 is 0. The van der Waals surface area contributed by atoms with E-state index in [4.69, 9.17) is 0 Å². The molecule has 3 amide bonds. The number of hydrogen-bond acceptors (Lipinski definition) is 3. The molecule has 0 spiro atoms. The molecule has 1 aromatic rings. The summed E-state index contributed by atoms with van der Waals surface area (Å²) in [5, 5.41) is 5.99. The molecule has 1 unspecified atom stereocenters. The van der Waals surface area contributed by atoms with Gasteiger partial charge in [0, 0.05) is 31.1 Å². The number of piperidine rings is 1. The number of rotatable bonds is 6. The topological polar surface area (TPSA) is 78.5 Å². The first-order valence-electron chi connectivity index (χ1n) is 9.93. The molecule has 1 aliphatic carbocycles. The van der Waals surface area contributed by atoms with Crippen LogP contribution in [0.1, 0.15) is 54.9 Å². The van der Waals surface area contributed by atoms with Crippen molar-refractivity contribution in [2.45, 2.75) is 58.0 Å². The van der Waals surface area contributed by atoms with Crippen molar-refractivity contribution in [2.75, 3.05) is 13.1 Å². The van der Waals surface area contributed by atoms with Crippen LogP contribution in [-0.4, -0.2) is 47.8 Å². The molecule has 6 nitrogen and oxygen atoms in total. The van der Waals surface area contributed by atoms with E-state index in [1.165, 1.54) is 0 Å². The van der Waals surface area contributed by atoms with Crippen LogP contribution in [-0.2, 0) is 9.59 Å². The summed E-state index contributed by atoms with van der Waals surface area (Å²) in [6.07, 6.45) is 3.97. The van der Waals surface area contributed by atoms with Crippen LogP contribution in [0, 0.1) is 12.8 Å². The van der Waals surface area contributed by atoms with Gasteiger partial charge in [0.2, 0.25) is 11.8 Å². The summed E-state index contributed by atoms with van der Waals surface area (Å²) in [5.41, 5.74) is 1.64. The Bertz CT molecular complexity index is 689. The van der Waals surface area contributed by atoms with Gasteiger partial charge in [-0.3, -0.25) is 14.4 Å². The summed E-state index contributed by atoms with van der Waals surface area (Å²) in [5.74, 6) is -0.133. The lowest BCUT2D eigenvalue weighted by Gasteiger charge is -2.35. The van der Waals surface area contributed by atoms with Gasteiger partial charge in [-0.15, -0.1) is 0 Å². The Hall–Kier alpha value is -2.37. The van der Waals surface area contributed by atoms with Gasteiger partial charge in [0.1, 0.15) is 6.04 Å². The van der Waals surface area contributed by atoms with Crippen molar-refractivity contribution in [3.8, 4) is 0 Å². The van der Waals surface area contributed by atoms with Crippen molar-refractivity contribution in [1.82, 2.24) is 15.5 Å². The number of carbonyl (C=O) groups excluding carboxylic acids is 3. The Balaban J connectivity index is 1.67. The van der Waals surface area contributed by atoms with Gasteiger partial charge in [0.05, 0.1) is 0 Å². The molecule has 6 heteroatoms. The van der Waals surface area contributed by atoms with Gasteiger partial charge in [-0.1, -0.05) is 24.6 Å². The number of hydrogen-bond donors (Lipinski definition) is 2. The van der Waals surface area contributed by atoms with Crippen LogP contribution < -0.4 is 10.6 Å². The second kappa shape index (κ2) is 8.55. The molecule has 27 heavy (non-hydrogen) atoms. The highest BCUT2D eigenvalue weighted by Gasteiger charge is 2.36. The molecule has 0 radical (unpaired) electrons. The van der Waals surface area contributed by atoms with Crippen LogP contribution in [0.2, 0.25) is 0 Å². The quantitative estimate of drug-likeness (QED) is 0.803. The van der Waals surface area contributed by atoms with Crippen LogP contribution in [0.3, 0.4) is 0 Å². The highest BCUT2D eigenvalue weighted by atomic mass is 16.2. The molecule has 1 atom stereocenters. The first-order chi connectivity index (χ1) is 13.0. The van der Waals surface area contributed by atoms with E-state index in [1.54, 1.807) is 12.1 Å². The van der Waals surface area contributed by atoms with Gasteiger partial charge in [0.15, 0.2) is 0 Å². The summed E-state index contributed by atoms with van der Waals surface area (Å²) in [6.45, 7) is 5.12. The van der Waals surface area contributed by atoms with Crippen molar-refractivity contribution < 1.29 is 14.4 Å². The molecule has 2 aliphatic rings. The van der Waals surface area contributed by atoms with E-state index in [9.17, 15) is 14.4 Å². The molecule has 0 bridgehead atoms. The number of nitrogens with one attached hydrogen (secondary N) is 2. The fourth-order valence-electron chi connectivity index (χ4n) is 3.55. The van der Waals surface area contributed by atoms with E-state index in [0.29, 0.717) is 25.1 Å². The maximum Gasteiger partial charge on any atom is 0.251 e. The Morgan fingerprint density at radius 2 is 1.70 bits per heavy atom. The Labute approximate surface area is 160 Å². The van der Waals surface area contributed by atoms with Crippen molar-refractivity contribution in [2.24, 2.45) is 5.92 Å². The van der Waals surface area contributed by atoms with Crippen LogP contribution in [0.15, 0.2) is 24.3 Å². The molecule has 1 aromatic carbocycles. The molecule has 146 valence electrons. The molecule has 3 rings (SSSR count). The molecule has 2 N–H and O–H groups in total. The van der Waals surface area contributed by atoms with Gasteiger partial charge in [0.25, 0.3) is 5.91 Å². The van der Waals surface area contributed by atoms with Crippen LogP contribution in [0.5, 0.6) is 0 Å².